The molecule has 0 saturated carbocycles. The third-order valence-electron chi connectivity index (χ3n) is 3.90. The third kappa shape index (κ3) is 3.16. The van der Waals surface area contributed by atoms with E-state index in [1.807, 2.05) is 0 Å². The highest BCUT2D eigenvalue weighted by Gasteiger charge is 2.18. The molecule has 1 fully saturated rings. The van der Waals surface area contributed by atoms with Crippen molar-refractivity contribution in [2.45, 2.75) is 32.6 Å². The molecule has 0 spiro atoms. The molecule has 1 aromatic rings. The molecule has 0 bridgehead atoms. The van der Waals surface area contributed by atoms with Crippen molar-refractivity contribution in [2.24, 2.45) is 5.92 Å². The molecule has 2 rings (SSSR count). The van der Waals surface area contributed by atoms with Crippen LogP contribution in [0.4, 0.5) is 11.5 Å². The quantitative estimate of drug-likeness (QED) is 0.875. The molecule has 104 valence electrons. The lowest BCUT2D eigenvalue weighted by Crippen LogP contribution is -2.25. The van der Waals surface area contributed by atoms with Gasteiger partial charge in [-0.2, -0.15) is 0 Å². The highest BCUT2D eigenvalue weighted by atomic mass is 16.4. The predicted octanol–water partition coefficient (Wildman–Crippen LogP) is 2.38. The average molecular weight is 263 g/mol. The highest BCUT2D eigenvalue weighted by Crippen LogP contribution is 2.25. The van der Waals surface area contributed by atoms with Crippen molar-refractivity contribution in [1.29, 1.82) is 0 Å². The van der Waals surface area contributed by atoms with E-state index < -0.39 is 5.97 Å². The van der Waals surface area contributed by atoms with Crippen LogP contribution in [0.15, 0.2) is 12.3 Å². The van der Waals surface area contributed by atoms with Crippen LogP contribution < -0.4 is 10.6 Å². The fourth-order valence-electron chi connectivity index (χ4n) is 2.62. The van der Waals surface area contributed by atoms with Crippen LogP contribution in [-0.2, 0) is 0 Å². The van der Waals surface area contributed by atoms with E-state index in [2.05, 4.69) is 16.8 Å². The van der Waals surface area contributed by atoms with Gasteiger partial charge in [-0.3, -0.25) is 0 Å². The normalized spacial score (nSPS) is 20.1. The van der Waals surface area contributed by atoms with Crippen molar-refractivity contribution in [3.05, 3.63) is 17.8 Å². The lowest BCUT2D eigenvalue weighted by atomic mass is 9.98. The summed E-state index contributed by atoms with van der Waals surface area (Å²) in [5, 5.41) is 9.10. The monoisotopic (exact) mass is 263 g/mol. The first-order valence-electron chi connectivity index (χ1n) is 6.85. The Morgan fingerprint density at radius 1 is 1.53 bits per heavy atom. The third-order valence-corrected chi connectivity index (χ3v) is 3.90. The Balaban J connectivity index is 2.17. The molecular formula is C14H21N3O2. The van der Waals surface area contributed by atoms with Crippen LogP contribution in [0, 0.1) is 5.92 Å². The van der Waals surface area contributed by atoms with E-state index >= 15 is 0 Å². The van der Waals surface area contributed by atoms with Gasteiger partial charge in [0.15, 0.2) is 0 Å². The molecule has 1 aromatic heterocycles. The molecular weight excluding hydrogens is 242 g/mol. The number of nitrogens with two attached hydrogens (primary N) is 1. The van der Waals surface area contributed by atoms with E-state index in [-0.39, 0.29) is 11.3 Å². The molecule has 5 heteroatoms. The Hall–Kier alpha value is -1.78. The van der Waals surface area contributed by atoms with Crippen molar-refractivity contribution in [3.8, 4) is 0 Å². The van der Waals surface area contributed by atoms with E-state index in [9.17, 15) is 4.79 Å². The Morgan fingerprint density at radius 2 is 2.32 bits per heavy atom. The summed E-state index contributed by atoms with van der Waals surface area (Å²) >= 11 is 0. The number of nitrogens with zero attached hydrogens (tertiary/aromatic N) is 2. The molecule has 1 saturated heterocycles. The van der Waals surface area contributed by atoms with Gasteiger partial charge in [0, 0.05) is 13.1 Å². The predicted molar refractivity (Wildman–Crippen MR) is 75.5 cm³/mol. The number of anilines is 2. The Bertz CT molecular complexity index is 462. The fourth-order valence-corrected chi connectivity index (χ4v) is 2.62. The Morgan fingerprint density at radius 3 is 3.00 bits per heavy atom. The molecule has 1 aliphatic rings. The summed E-state index contributed by atoms with van der Waals surface area (Å²) in [4.78, 5) is 17.5. The van der Waals surface area contributed by atoms with Crippen LogP contribution in [0.25, 0.3) is 0 Å². The SMILES string of the molecule is CCC1CCCN(c2cc(C(=O)O)c(N)cn2)CC1. The van der Waals surface area contributed by atoms with E-state index in [4.69, 9.17) is 10.8 Å². The number of carbonyl (C=O) groups is 1. The molecule has 2 heterocycles. The van der Waals surface area contributed by atoms with Gasteiger partial charge in [-0.15, -0.1) is 0 Å². The summed E-state index contributed by atoms with van der Waals surface area (Å²) in [5.41, 5.74) is 5.99. The van der Waals surface area contributed by atoms with Crippen LogP contribution in [0.2, 0.25) is 0 Å². The van der Waals surface area contributed by atoms with Gasteiger partial charge in [-0.25, -0.2) is 9.78 Å². The number of rotatable bonds is 3. The average Bonchev–Trinajstić information content (AvgIpc) is 2.64. The van der Waals surface area contributed by atoms with Gasteiger partial charge in [-0.1, -0.05) is 13.3 Å². The summed E-state index contributed by atoms with van der Waals surface area (Å²) in [7, 11) is 0. The molecule has 0 radical (unpaired) electrons. The first-order valence-corrected chi connectivity index (χ1v) is 6.85. The Kier molecular flexibility index (Phi) is 4.24. The number of hydrogen-bond acceptors (Lipinski definition) is 4. The van der Waals surface area contributed by atoms with Crippen LogP contribution in [0.5, 0.6) is 0 Å². The van der Waals surface area contributed by atoms with Crippen LogP contribution in [0.3, 0.4) is 0 Å². The number of aromatic carboxylic acids is 1. The lowest BCUT2D eigenvalue weighted by Gasteiger charge is -2.22. The van der Waals surface area contributed by atoms with E-state index in [0.29, 0.717) is 0 Å². The fraction of sp³-hybridized carbons (Fsp3) is 0.571. The minimum Gasteiger partial charge on any atom is -0.478 e. The summed E-state index contributed by atoms with van der Waals surface area (Å²) in [6.45, 7) is 4.10. The molecule has 1 aliphatic heterocycles. The number of carboxylic acid groups (broad SMARTS) is 1. The number of carboxylic acids is 1. The van der Waals surface area contributed by atoms with Crippen LogP contribution >= 0.6 is 0 Å². The molecule has 3 N–H and O–H groups in total. The van der Waals surface area contributed by atoms with E-state index in [1.165, 1.54) is 19.0 Å². The molecule has 19 heavy (non-hydrogen) atoms. The summed E-state index contributed by atoms with van der Waals surface area (Å²) in [6.07, 6.45) is 6.18. The second kappa shape index (κ2) is 5.91. The van der Waals surface area contributed by atoms with Crippen molar-refractivity contribution in [1.82, 2.24) is 4.98 Å². The largest absolute Gasteiger partial charge is 0.478 e. The number of nitrogen functional groups attached to an aromatic ring is 1. The summed E-state index contributed by atoms with van der Waals surface area (Å²) in [5.74, 6) is 0.503. The van der Waals surface area contributed by atoms with Crippen LogP contribution in [0.1, 0.15) is 43.0 Å². The molecule has 1 atom stereocenters. The second-order valence-electron chi connectivity index (χ2n) is 5.13. The molecule has 5 nitrogen and oxygen atoms in total. The minimum absolute atomic E-state index is 0.140. The van der Waals surface area contributed by atoms with Gasteiger partial charge >= 0.3 is 5.97 Å². The topological polar surface area (TPSA) is 79.5 Å². The number of hydrogen-bond donors (Lipinski definition) is 2. The lowest BCUT2D eigenvalue weighted by molar-refractivity contribution is 0.0698. The maximum Gasteiger partial charge on any atom is 0.337 e. The molecule has 1 unspecified atom stereocenters. The second-order valence-corrected chi connectivity index (χ2v) is 5.13. The zero-order chi connectivity index (χ0) is 13.8. The highest BCUT2D eigenvalue weighted by molar-refractivity contribution is 5.94. The standard InChI is InChI=1S/C14H21N3O2/c1-2-10-4-3-6-17(7-5-10)13-8-11(14(18)19)12(15)9-16-13/h8-10H,2-7,15H2,1H3,(H,18,19). The van der Waals surface area contributed by atoms with Crippen LogP contribution in [-0.4, -0.2) is 29.1 Å². The van der Waals surface area contributed by atoms with Crippen molar-refractivity contribution < 1.29 is 9.90 Å². The number of pyridine rings is 1. The zero-order valence-corrected chi connectivity index (χ0v) is 11.3. The van der Waals surface area contributed by atoms with Gasteiger partial charge in [0.2, 0.25) is 0 Å². The summed E-state index contributed by atoms with van der Waals surface area (Å²) < 4.78 is 0. The van der Waals surface area contributed by atoms with Gasteiger partial charge in [0.1, 0.15) is 5.82 Å². The van der Waals surface area contributed by atoms with Crippen molar-refractivity contribution >= 4 is 17.5 Å². The van der Waals surface area contributed by atoms with Gasteiger partial charge in [0.25, 0.3) is 0 Å². The van der Waals surface area contributed by atoms with E-state index in [1.54, 1.807) is 6.07 Å². The Labute approximate surface area is 113 Å². The minimum atomic E-state index is -0.998. The first kappa shape index (κ1) is 13.6. The first-order chi connectivity index (χ1) is 9.11. The van der Waals surface area contributed by atoms with Gasteiger partial charge in [-0.05, 0) is 31.2 Å². The zero-order valence-electron chi connectivity index (χ0n) is 11.3. The van der Waals surface area contributed by atoms with Gasteiger partial charge in [0.05, 0.1) is 17.4 Å². The van der Waals surface area contributed by atoms with Gasteiger partial charge < -0.3 is 15.7 Å². The smallest absolute Gasteiger partial charge is 0.337 e. The molecule has 0 aromatic carbocycles. The molecule has 0 amide bonds. The van der Waals surface area contributed by atoms with Crippen molar-refractivity contribution in [2.75, 3.05) is 23.7 Å². The van der Waals surface area contributed by atoms with E-state index in [0.717, 1.165) is 37.7 Å². The molecule has 0 aliphatic carbocycles. The maximum absolute atomic E-state index is 11.1. The summed E-state index contributed by atoms with van der Waals surface area (Å²) in [6, 6.07) is 1.59. The maximum atomic E-state index is 11.1. The number of aromatic nitrogens is 1. The van der Waals surface area contributed by atoms with Crippen molar-refractivity contribution in [3.63, 3.8) is 0 Å².